The molecule has 1 heterocycles. The number of rotatable bonds is 3. The van der Waals surface area contributed by atoms with Crippen LogP contribution in [0.4, 0.5) is 0 Å². The van der Waals surface area contributed by atoms with Crippen molar-refractivity contribution in [1.29, 1.82) is 0 Å². The summed E-state index contributed by atoms with van der Waals surface area (Å²) in [5.41, 5.74) is 0.920. The fraction of sp³-hybridized carbons (Fsp3) is 0.556. The SMILES string of the molecule is CC(C)Cc1nn(C)c(Br)c1C(=O)O. The average molecular weight is 261 g/mol. The molecule has 14 heavy (non-hydrogen) atoms. The van der Waals surface area contributed by atoms with Gasteiger partial charge in [0.25, 0.3) is 0 Å². The zero-order valence-corrected chi connectivity index (χ0v) is 10.00. The predicted octanol–water partition coefficient (Wildman–Crippen LogP) is 2.08. The largest absolute Gasteiger partial charge is 0.478 e. The van der Waals surface area contributed by atoms with Crippen LogP contribution in [-0.2, 0) is 13.5 Å². The van der Waals surface area contributed by atoms with Crippen LogP contribution in [0.5, 0.6) is 0 Å². The minimum absolute atomic E-state index is 0.279. The lowest BCUT2D eigenvalue weighted by atomic mass is 10.1. The highest BCUT2D eigenvalue weighted by atomic mass is 79.9. The van der Waals surface area contributed by atoms with E-state index in [9.17, 15) is 4.79 Å². The van der Waals surface area contributed by atoms with Gasteiger partial charge in [0.05, 0.1) is 5.69 Å². The Morgan fingerprint density at radius 1 is 1.64 bits per heavy atom. The molecule has 0 amide bonds. The molecule has 1 aromatic rings. The Morgan fingerprint density at radius 3 is 2.64 bits per heavy atom. The van der Waals surface area contributed by atoms with Crippen LogP contribution in [0.15, 0.2) is 4.60 Å². The fourth-order valence-electron chi connectivity index (χ4n) is 1.30. The van der Waals surface area contributed by atoms with Crippen molar-refractivity contribution in [2.75, 3.05) is 0 Å². The molecule has 0 atom stereocenters. The summed E-state index contributed by atoms with van der Waals surface area (Å²) in [5.74, 6) is -0.532. The number of hydrogen-bond donors (Lipinski definition) is 1. The molecule has 0 unspecified atom stereocenters. The minimum Gasteiger partial charge on any atom is -0.478 e. The summed E-state index contributed by atoms with van der Waals surface area (Å²) in [7, 11) is 1.72. The van der Waals surface area contributed by atoms with Crippen LogP contribution in [-0.4, -0.2) is 20.9 Å². The Hall–Kier alpha value is -0.840. The van der Waals surface area contributed by atoms with Crippen molar-refractivity contribution in [3.05, 3.63) is 15.9 Å². The van der Waals surface area contributed by atoms with Crippen LogP contribution >= 0.6 is 15.9 Å². The maximum atomic E-state index is 11.0. The van der Waals surface area contributed by atoms with Gasteiger partial charge in [0.2, 0.25) is 0 Å². The zero-order valence-electron chi connectivity index (χ0n) is 8.41. The predicted molar refractivity (Wildman–Crippen MR) is 56.4 cm³/mol. The first kappa shape index (κ1) is 11.2. The molecule has 5 heteroatoms. The van der Waals surface area contributed by atoms with E-state index in [1.807, 2.05) is 13.8 Å². The summed E-state index contributed by atoms with van der Waals surface area (Å²) in [6.45, 7) is 4.07. The molecule has 0 aliphatic rings. The van der Waals surface area contributed by atoms with Crippen LogP contribution in [0.1, 0.15) is 29.9 Å². The first-order chi connectivity index (χ1) is 6.43. The van der Waals surface area contributed by atoms with Crippen molar-refractivity contribution in [2.45, 2.75) is 20.3 Å². The third kappa shape index (κ3) is 2.15. The van der Waals surface area contributed by atoms with E-state index >= 15 is 0 Å². The van der Waals surface area contributed by atoms with Crippen molar-refractivity contribution in [2.24, 2.45) is 13.0 Å². The van der Waals surface area contributed by atoms with E-state index in [4.69, 9.17) is 5.11 Å². The second kappa shape index (κ2) is 4.13. The number of nitrogens with zero attached hydrogens (tertiary/aromatic N) is 2. The minimum atomic E-state index is -0.930. The lowest BCUT2D eigenvalue weighted by Gasteiger charge is -2.01. The summed E-state index contributed by atoms with van der Waals surface area (Å²) in [6, 6.07) is 0. The van der Waals surface area contributed by atoms with Crippen molar-refractivity contribution >= 4 is 21.9 Å². The van der Waals surface area contributed by atoms with Crippen molar-refractivity contribution in [3.63, 3.8) is 0 Å². The Morgan fingerprint density at radius 2 is 2.21 bits per heavy atom. The van der Waals surface area contributed by atoms with Gasteiger partial charge < -0.3 is 5.11 Å². The van der Waals surface area contributed by atoms with Crippen molar-refractivity contribution < 1.29 is 9.90 Å². The van der Waals surface area contributed by atoms with E-state index in [1.54, 1.807) is 11.7 Å². The molecule has 0 saturated heterocycles. The monoisotopic (exact) mass is 260 g/mol. The number of carbonyl (C=O) groups is 1. The summed E-state index contributed by atoms with van der Waals surface area (Å²) in [5, 5.41) is 13.1. The van der Waals surface area contributed by atoms with Crippen LogP contribution in [0.25, 0.3) is 0 Å². The zero-order chi connectivity index (χ0) is 10.9. The molecule has 1 N–H and O–H groups in total. The van der Waals surface area contributed by atoms with Gasteiger partial charge in [-0.1, -0.05) is 13.8 Å². The molecule has 1 aromatic heterocycles. The smallest absolute Gasteiger partial charge is 0.340 e. The molecule has 1 rings (SSSR count). The number of aromatic carboxylic acids is 1. The molecule has 0 bridgehead atoms. The second-order valence-electron chi connectivity index (χ2n) is 3.64. The van der Waals surface area contributed by atoms with E-state index in [0.717, 1.165) is 0 Å². The highest BCUT2D eigenvalue weighted by molar-refractivity contribution is 9.10. The first-order valence-corrected chi connectivity index (χ1v) is 5.17. The maximum Gasteiger partial charge on any atom is 0.340 e. The number of carboxylic acid groups (broad SMARTS) is 1. The Bertz CT molecular complexity index is 358. The summed E-state index contributed by atoms with van der Waals surface area (Å²) >= 11 is 3.21. The third-order valence-electron chi connectivity index (χ3n) is 1.87. The highest BCUT2D eigenvalue weighted by Crippen LogP contribution is 2.21. The first-order valence-electron chi connectivity index (χ1n) is 4.38. The molecule has 0 saturated carbocycles. The van der Waals surface area contributed by atoms with Crippen LogP contribution < -0.4 is 0 Å². The van der Waals surface area contributed by atoms with Gasteiger partial charge in [-0.05, 0) is 28.3 Å². The molecule has 0 radical (unpaired) electrons. The van der Waals surface area contributed by atoms with E-state index < -0.39 is 5.97 Å². The van der Waals surface area contributed by atoms with Gasteiger partial charge in [0.1, 0.15) is 10.2 Å². The van der Waals surface area contributed by atoms with E-state index in [2.05, 4.69) is 21.0 Å². The molecular formula is C9H13BrN2O2. The lowest BCUT2D eigenvalue weighted by Crippen LogP contribution is -2.04. The van der Waals surface area contributed by atoms with Gasteiger partial charge in [0, 0.05) is 7.05 Å². The molecule has 78 valence electrons. The Labute approximate surface area is 91.1 Å². The molecular weight excluding hydrogens is 248 g/mol. The molecule has 0 spiro atoms. The van der Waals surface area contributed by atoms with Crippen molar-refractivity contribution in [3.8, 4) is 0 Å². The van der Waals surface area contributed by atoms with E-state index in [-0.39, 0.29) is 5.56 Å². The summed E-state index contributed by atoms with van der Waals surface area (Å²) in [6.07, 6.45) is 0.682. The fourth-order valence-corrected chi connectivity index (χ4v) is 1.77. The molecule has 4 nitrogen and oxygen atoms in total. The van der Waals surface area contributed by atoms with Gasteiger partial charge in [-0.25, -0.2) is 4.79 Å². The van der Waals surface area contributed by atoms with Crippen LogP contribution in [0.2, 0.25) is 0 Å². The van der Waals surface area contributed by atoms with E-state index in [0.29, 0.717) is 22.6 Å². The van der Waals surface area contributed by atoms with Gasteiger partial charge in [-0.15, -0.1) is 0 Å². The number of hydrogen-bond acceptors (Lipinski definition) is 2. The number of aromatic nitrogens is 2. The standard InChI is InChI=1S/C9H13BrN2O2/c1-5(2)4-6-7(9(13)14)8(10)12(3)11-6/h5H,4H2,1-3H3,(H,13,14). The molecule has 0 aliphatic carbocycles. The maximum absolute atomic E-state index is 11.0. The Balaban J connectivity index is 3.15. The lowest BCUT2D eigenvalue weighted by molar-refractivity contribution is 0.0694. The van der Waals surface area contributed by atoms with Gasteiger partial charge in [-0.2, -0.15) is 5.10 Å². The molecule has 0 fully saturated rings. The third-order valence-corrected chi connectivity index (χ3v) is 2.77. The van der Waals surface area contributed by atoms with Gasteiger partial charge >= 0.3 is 5.97 Å². The number of halogens is 1. The van der Waals surface area contributed by atoms with E-state index in [1.165, 1.54) is 0 Å². The normalized spacial score (nSPS) is 10.9. The molecule has 0 aliphatic heterocycles. The average Bonchev–Trinajstić information content (AvgIpc) is 2.26. The van der Waals surface area contributed by atoms with Gasteiger partial charge in [-0.3, -0.25) is 4.68 Å². The quantitative estimate of drug-likeness (QED) is 0.906. The summed E-state index contributed by atoms with van der Waals surface area (Å²) in [4.78, 5) is 11.0. The second-order valence-corrected chi connectivity index (χ2v) is 4.39. The van der Waals surface area contributed by atoms with Crippen LogP contribution in [0, 0.1) is 5.92 Å². The molecule has 0 aromatic carbocycles. The Kier molecular flexibility index (Phi) is 3.31. The number of carboxylic acids is 1. The van der Waals surface area contributed by atoms with Crippen LogP contribution in [0.3, 0.4) is 0 Å². The topological polar surface area (TPSA) is 55.1 Å². The van der Waals surface area contributed by atoms with Crippen molar-refractivity contribution in [1.82, 2.24) is 9.78 Å². The highest BCUT2D eigenvalue weighted by Gasteiger charge is 2.20. The summed E-state index contributed by atoms with van der Waals surface area (Å²) < 4.78 is 2.07. The van der Waals surface area contributed by atoms with Gasteiger partial charge in [0.15, 0.2) is 0 Å². The number of aryl methyl sites for hydroxylation is 1.